The van der Waals surface area contributed by atoms with Crippen molar-refractivity contribution in [3.05, 3.63) is 24.3 Å². The molecule has 0 unspecified atom stereocenters. The van der Waals surface area contributed by atoms with E-state index in [0.29, 0.717) is 12.3 Å². The molecule has 1 aromatic carbocycles. The SMILES string of the molecule is CCCNC(=O)[C@@H]1CN([C@@H](C)C(=O)NC(=O)NC2CCCCC2)c2ccccc2O1. The monoisotopic (exact) mass is 416 g/mol. The summed E-state index contributed by atoms with van der Waals surface area (Å²) in [5.74, 6) is -0.0709. The van der Waals surface area contributed by atoms with E-state index in [1.165, 1.54) is 6.42 Å². The van der Waals surface area contributed by atoms with Gasteiger partial charge in [0, 0.05) is 12.6 Å². The molecule has 0 spiro atoms. The summed E-state index contributed by atoms with van der Waals surface area (Å²) in [6.45, 7) is 4.50. The predicted molar refractivity (Wildman–Crippen MR) is 115 cm³/mol. The highest BCUT2D eigenvalue weighted by molar-refractivity contribution is 5.98. The molecule has 1 fully saturated rings. The molecule has 1 aliphatic heterocycles. The Morgan fingerprint density at radius 1 is 1.17 bits per heavy atom. The minimum atomic E-state index is -0.724. The van der Waals surface area contributed by atoms with Gasteiger partial charge >= 0.3 is 6.03 Å². The summed E-state index contributed by atoms with van der Waals surface area (Å²) < 4.78 is 5.87. The molecule has 4 amide bonds. The summed E-state index contributed by atoms with van der Waals surface area (Å²) >= 11 is 0. The third-order valence-electron chi connectivity index (χ3n) is 5.67. The van der Waals surface area contributed by atoms with E-state index in [1.54, 1.807) is 13.0 Å². The van der Waals surface area contributed by atoms with Gasteiger partial charge in [-0.2, -0.15) is 0 Å². The number of hydrogen-bond acceptors (Lipinski definition) is 5. The Balaban J connectivity index is 1.66. The highest BCUT2D eigenvalue weighted by Gasteiger charge is 2.35. The average molecular weight is 417 g/mol. The second-order valence-corrected chi connectivity index (χ2v) is 7.99. The maximum absolute atomic E-state index is 12.8. The molecule has 0 aromatic heterocycles. The molecule has 164 valence electrons. The Hall–Kier alpha value is -2.77. The topological polar surface area (TPSA) is 99.8 Å². The van der Waals surface area contributed by atoms with Gasteiger partial charge in [0.2, 0.25) is 5.91 Å². The molecule has 0 radical (unpaired) electrons. The van der Waals surface area contributed by atoms with Crippen molar-refractivity contribution in [2.75, 3.05) is 18.0 Å². The largest absolute Gasteiger partial charge is 0.477 e. The highest BCUT2D eigenvalue weighted by atomic mass is 16.5. The van der Waals surface area contributed by atoms with Crippen LogP contribution < -0.4 is 25.6 Å². The Morgan fingerprint density at radius 2 is 1.90 bits per heavy atom. The fraction of sp³-hybridized carbons (Fsp3) is 0.591. The number of urea groups is 1. The zero-order valence-electron chi connectivity index (χ0n) is 17.8. The summed E-state index contributed by atoms with van der Waals surface area (Å²) in [6.07, 6.45) is 5.39. The first-order valence-electron chi connectivity index (χ1n) is 10.9. The maximum atomic E-state index is 12.8. The number of ether oxygens (including phenoxy) is 1. The third kappa shape index (κ3) is 5.43. The normalized spacial score (nSPS) is 19.8. The summed E-state index contributed by atoms with van der Waals surface area (Å²) in [5, 5.41) is 8.20. The van der Waals surface area contributed by atoms with Crippen LogP contribution in [0, 0.1) is 0 Å². The fourth-order valence-corrected chi connectivity index (χ4v) is 3.95. The zero-order valence-corrected chi connectivity index (χ0v) is 17.8. The molecule has 1 saturated carbocycles. The van der Waals surface area contributed by atoms with Crippen molar-refractivity contribution in [1.82, 2.24) is 16.0 Å². The molecule has 1 heterocycles. The molecule has 1 aliphatic carbocycles. The van der Waals surface area contributed by atoms with Crippen molar-refractivity contribution < 1.29 is 19.1 Å². The Morgan fingerprint density at radius 3 is 2.63 bits per heavy atom. The number of carbonyl (C=O) groups is 3. The van der Waals surface area contributed by atoms with Gasteiger partial charge in [0.15, 0.2) is 6.10 Å². The lowest BCUT2D eigenvalue weighted by molar-refractivity contribution is -0.128. The van der Waals surface area contributed by atoms with Crippen molar-refractivity contribution in [1.29, 1.82) is 0 Å². The van der Waals surface area contributed by atoms with E-state index >= 15 is 0 Å². The van der Waals surface area contributed by atoms with Crippen LogP contribution in [0.3, 0.4) is 0 Å². The standard InChI is InChI=1S/C22H32N4O4/c1-3-13-23-21(28)19-14-26(17-11-7-8-12-18(17)30-19)15(2)20(27)25-22(29)24-16-9-5-4-6-10-16/h7-8,11-12,15-16,19H,3-6,9-10,13-14H2,1-2H3,(H,23,28)(H2,24,25,27,29)/t15-,19-/m0/s1. The highest BCUT2D eigenvalue weighted by Crippen LogP contribution is 2.34. The molecule has 0 saturated heterocycles. The summed E-state index contributed by atoms with van der Waals surface area (Å²) in [5.41, 5.74) is 0.729. The lowest BCUT2D eigenvalue weighted by Crippen LogP contribution is -2.56. The van der Waals surface area contributed by atoms with Crippen molar-refractivity contribution in [2.24, 2.45) is 0 Å². The first-order valence-corrected chi connectivity index (χ1v) is 10.9. The number of hydrogen-bond donors (Lipinski definition) is 3. The fourth-order valence-electron chi connectivity index (χ4n) is 3.95. The molecular weight excluding hydrogens is 384 g/mol. The molecule has 8 nitrogen and oxygen atoms in total. The number of amides is 4. The van der Waals surface area contributed by atoms with E-state index in [-0.39, 0.29) is 18.5 Å². The van der Waals surface area contributed by atoms with E-state index in [1.807, 2.05) is 30.0 Å². The molecule has 8 heteroatoms. The quantitative estimate of drug-likeness (QED) is 0.661. The number of nitrogens with zero attached hydrogens (tertiary/aromatic N) is 1. The van der Waals surface area contributed by atoms with Gasteiger partial charge in [-0.05, 0) is 38.3 Å². The van der Waals surface area contributed by atoms with Crippen LogP contribution in [0.1, 0.15) is 52.4 Å². The van der Waals surface area contributed by atoms with Crippen molar-refractivity contribution >= 4 is 23.5 Å². The summed E-state index contributed by atoms with van der Waals surface area (Å²) in [6, 6.07) is 6.33. The molecule has 30 heavy (non-hydrogen) atoms. The smallest absolute Gasteiger partial charge is 0.321 e. The van der Waals surface area contributed by atoms with Crippen LogP contribution in [0.15, 0.2) is 24.3 Å². The van der Waals surface area contributed by atoms with Gasteiger partial charge in [-0.25, -0.2) is 4.79 Å². The van der Waals surface area contributed by atoms with Gasteiger partial charge < -0.3 is 20.3 Å². The Labute approximate surface area is 177 Å². The third-order valence-corrected chi connectivity index (χ3v) is 5.67. The van der Waals surface area contributed by atoms with E-state index in [9.17, 15) is 14.4 Å². The number of para-hydroxylation sites is 2. The Bertz CT molecular complexity index is 763. The Kier molecular flexibility index (Phi) is 7.54. The minimum Gasteiger partial charge on any atom is -0.477 e. The van der Waals surface area contributed by atoms with E-state index in [4.69, 9.17) is 4.74 Å². The van der Waals surface area contributed by atoms with Crippen LogP contribution in [-0.4, -0.2) is 49.1 Å². The second kappa shape index (κ2) is 10.3. The van der Waals surface area contributed by atoms with E-state index in [2.05, 4.69) is 16.0 Å². The van der Waals surface area contributed by atoms with Crippen molar-refractivity contribution in [3.8, 4) is 5.75 Å². The van der Waals surface area contributed by atoms with Gasteiger partial charge in [0.1, 0.15) is 11.8 Å². The molecule has 3 rings (SSSR count). The van der Waals surface area contributed by atoms with Gasteiger partial charge in [0.25, 0.3) is 5.91 Å². The minimum absolute atomic E-state index is 0.123. The summed E-state index contributed by atoms with van der Waals surface area (Å²) in [4.78, 5) is 39.4. The second-order valence-electron chi connectivity index (χ2n) is 7.99. The number of fused-ring (bicyclic) bond motifs is 1. The number of rotatable bonds is 6. The van der Waals surface area contributed by atoms with Crippen LogP contribution >= 0.6 is 0 Å². The average Bonchev–Trinajstić information content (AvgIpc) is 2.76. The van der Waals surface area contributed by atoms with Gasteiger partial charge in [-0.3, -0.25) is 14.9 Å². The van der Waals surface area contributed by atoms with Gasteiger partial charge in [-0.1, -0.05) is 38.3 Å². The molecule has 1 aromatic rings. The number of anilines is 1. The van der Waals surface area contributed by atoms with Crippen LogP contribution in [0.2, 0.25) is 0 Å². The molecule has 3 N–H and O–H groups in total. The lowest BCUT2D eigenvalue weighted by atomic mass is 9.96. The first-order chi connectivity index (χ1) is 14.5. The van der Waals surface area contributed by atoms with Crippen molar-refractivity contribution in [2.45, 2.75) is 70.6 Å². The van der Waals surface area contributed by atoms with Crippen molar-refractivity contribution in [3.63, 3.8) is 0 Å². The van der Waals surface area contributed by atoms with Gasteiger partial charge in [0.05, 0.1) is 12.2 Å². The lowest BCUT2D eigenvalue weighted by Gasteiger charge is -2.38. The van der Waals surface area contributed by atoms with E-state index in [0.717, 1.165) is 37.8 Å². The molecule has 2 atom stereocenters. The number of nitrogens with one attached hydrogen (secondary N) is 3. The molecule has 0 bridgehead atoms. The number of carbonyl (C=O) groups excluding carboxylic acids is 3. The molecular formula is C22H32N4O4. The van der Waals surface area contributed by atoms with Crippen LogP contribution in [0.25, 0.3) is 0 Å². The maximum Gasteiger partial charge on any atom is 0.321 e. The predicted octanol–water partition coefficient (Wildman–Crippen LogP) is 2.33. The van der Waals surface area contributed by atoms with Crippen LogP contribution in [0.5, 0.6) is 5.75 Å². The molecule has 2 aliphatic rings. The van der Waals surface area contributed by atoms with Gasteiger partial charge in [-0.15, -0.1) is 0 Å². The number of imide groups is 1. The summed E-state index contributed by atoms with van der Waals surface area (Å²) in [7, 11) is 0. The van der Waals surface area contributed by atoms with Crippen LogP contribution in [0.4, 0.5) is 10.5 Å². The first kappa shape index (κ1) is 21.9. The number of benzene rings is 1. The zero-order chi connectivity index (χ0) is 21.5. The van der Waals surface area contributed by atoms with Crippen LogP contribution in [-0.2, 0) is 9.59 Å². The van der Waals surface area contributed by atoms with E-state index < -0.39 is 24.1 Å².